The average molecular weight is 245 g/mol. The molecule has 1 saturated carbocycles. The van der Waals surface area contributed by atoms with Crippen LogP contribution in [0, 0.1) is 0 Å². The first kappa shape index (κ1) is 11.4. The van der Waals surface area contributed by atoms with Crippen molar-refractivity contribution in [2.24, 2.45) is 0 Å². The third-order valence-electron chi connectivity index (χ3n) is 2.99. The number of thiazole rings is 1. The molecule has 84 valence electrons. The van der Waals surface area contributed by atoms with Gasteiger partial charge in [0, 0.05) is 30.0 Å². The zero-order chi connectivity index (χ0) is 10.5. The first-order valence-electron chi connectivity index (χ1n) is 5.58. The Morgan fingerprint density at radius 3 is 2.93 bits per heavy atom. The fourth-order valence-electron chi connectivity index (χ4n) is 1.91. The van der Waals surface area contributed by atoms with Gasteiger partial charge in [0.05, 0.1) is 6.54 Å². The van der Waals surface area contributed by atoms with Crippen molar-refractivity contribution < 1.29 is 0 Å². The van der Waals surface area contributed by atoms with Crippen LogP contribution in [0.15, 0.2) is 11.6 Å². The molecule has 0 aliphatic heterocycles. The summed E-state index contributed by atoms with van der Waals surface area (Å²) in [6.07, 6.45) is 7.07. The Morgan fingerprint density at radius 2 is 2.40 bits per heavy atom. The molecule has 1 aliphatic carbocycles. The minimum Gasteiger partial charge on any atom is -0.294 e. The van der Waals surface area contributed by atoms with E-state index in [2.05, 4.69) is 15.3 Å². The van der Waals surface area contributed by atoms with Crippen molar-refractivity contribution >= 4 is 22.9 Å². The molecule has 1 fully saturated rings. The topological polar surface area (TPSA) is 16.1 Å². The summed E-state index contributed by atoms with van der Waals surface area (Å²) in [4.78, 5) is 6.90. The number of hydrogen-bond donors (Lipinski definition) is 0. The monoisotopic (exact) mass is 244 g/mol. The lowest BCUT2D eigenvalue weighted by molar-refractivity contribution is 0.120. The van der Waals surface area contributed by atoms with Crippen LogP contribution in [0.2, 0.25) is 0 Å². The number of halogens is 1. The van der Waals surface area contributed by atoms with Crippen molar-refractivity contribution in [3.63, 3.8) is 0 Å². The fraction of sp³-hybridized carbons (Fsp3) is 0.727. The van der Waals surface area contributed by atoms with Gasteiger partial charge in [0.1, 0.15) is 5.01 Å². The largest absolute Gasteiger partial charge is 0.294 e. The summed E-state index contributed by atoms with van der Waals surface area (Å²) in [6, 6.07) is 0.789. The minimum absolute atomic E-state index is 0.765. The second-order valence-corrected chi connectivity index (χ2v) is 5.38. The smallest absolute Gasteiger partial charge is 0.107 e. The van der Waals surface area contributed by atoms with E-state index in [0.717, 1.165) is 31.4 Å². The highest BCUT2D eigenvalue weighted by Crippen LogP contribution is 2.26. The van der Waals surface area contributed by atoms with E-state index in [1.54, 1.807) is 11.3 Å². The molecule has 0 bridgehead atoms. The van der Waals surface area contributed by atoms with Gasteiger partial charge in [-0.2, -0.15) is 0 Å². The fourth-order valence-corrected chi connectivity index (χ4v) is 2.67. The lowest BCUT2D eigenvalue weighted by Crippen LogP contribution is -2.40. The maximum absolute atomic E-state index is 5.75. The Labute approximate surface area is 100 Å². The zero-order valence-corrected chi connectivity index (χ0v) is 10.4. The molecule has 0 amide bonds. The molecule has 0 saturated heterocycles. The van der Waals surface area contributed by atoms with Crippen LogP contribution in [-0.2, 0) is 6.54 Å². The molecule has 1 aromatic heterocycles. The zero-order valence-electron chi connectivity index (χ0n) is 8.86. The molecular weight excluding hydrogens is 228 g/mol. The Kier molecular flexibility index (Phi) is 4.42. The Bertz CT molecular complexity index is 272. The number of alkyl halides is 1. The van der Waals surface area contributed by atoms with E-state index >= 15 is 0 Å². The minimum atomic E-state index is 0.765. The van der Waals surface area contributed by atoms with Crippen LogP contribution in [0.4, 0.5) is 0 Å². The van der Waals surface area contributed by atoms with Gasteiger partial charge in [-0.15, -0.1) is 22.9 Å². The summed E-state index contributed by atoms with van der Waals surface area (Å²) in [5, 5.41) is 3.28. The summed E-state index contributed by atoms with van der Waals surface area (Å²) in [7, 11) is 0. The van der Waals surface area contributed by atoms with Crippen LogP contribution in [0.25, 0.3) is 0 Å². The van der Waals surface area contributed by atoms with Crippen molar-refractivity contribution in [2.75, 3.05) is 12.4 Å². The van der Waals surface area contributed by atoms with Crippen molar-refractivity contribution in [3.8, 4) is 0 Å². The van der Waals surface area contributed by atoms with Gasteiger partial charge in [0.15, 0.2) is 0 Å². The third kappa shape index (κ3) is 3.16. The van der Waals surface area contributed by atoms with Gasteiger partial charge in [-0.1, -0.05) is 6.42 Å². The van der Waals surface area contributed by atoms with E-state index in [9.17, 15) is 0 Å². The predicted octanol–water partition coefficient (Wildman–Crippen LogP) is 3.13. The average Bonchev–Trinajstić information content (AvgIpc) is 2.64. The molecular formula is C11H17ClN2S. The maximum atomic E-state index is 5.75. The molecule has 0 atom stereocenters. The number of aromatic nitrogens is 1. The summed E-state index contributed by atoms with van der Waals surface area (Å²) >= 11 is 7.50. The second kappa shape index (κ2) is 5.83. The van der Waals surface area contributed by atoms with Crippen LogP contribution in [0.1, 0.15) is 30.7 Å². The molecule has 0 unspecified atom stereocenters. The number of nitrogens with zero attached hydrogens (tertiary/aromatic N) is 2. The Balaban J connectivity index is 1.86. The van der Waals surface area contributed by atoms with Gasteiger partial charge >= 0.3 is 0 Å². The van der Waals surface area contributed by atoms with Crippen LogP contribution < -0.4 is 0 Å². The van der Waals surface area contributed by atoms with E-state index in [0.29, 0.717) is 0 Å². The third-order valence-corrected chi connectivity index (χ3v) is 4.02. The molecule has 1 aliphatic rings. The van der Waals surface area contributed by atoms with Gasteiger partial charge < -0.3 is 0 Å². The Hall–Kier alpha value is -0.120. The van der Waals surface area contributed by atoms with E-state index < -0.39 is 0 Å². The number of rotatable bonds is 6. The lowest BCUT2D eigenvalue weighted by atomic mass is 9.91. The molecule has 2 nitrogen and oxygen atoms in total. The second-order valence-electron chi connectivity index (χ2n) is 4.02. The van der Waals surface area contributed by atoms with Crippen molar-refractivity contribution in [2.45, 2.75) is 38.3 Å². The summed E-state index contributed by atoms with van der Waals surface area (Å²) in [5.41, 5.74) is 0. The SMILES string of the molecule is ClCCCN(Cc1nccs1)C1CCC1. The molecule has 1 aromatic rings. The van der Waals surface area contributed by atoms with Crippen LogP contribution >= 0.6 is 22.9 Å². The molecule has 4 heteroatoms. The highest BCUT2D eigenvalue weighted by molar-refractivity contribution is 7.09. The summed E-state index contributed by atoms with van der Waals surface area (Å²) < 4.78 is 0. The van der Waals surface area contributed by atoms with E-state index in [-0.39, 0.29) is 0 Å². The van der Waals surface area contributed by atoms with Crippen LogP contribution in [-0.4, -0.2) is 28.4 Å². The molecule has 0 spiro atoms. The molecule has 0 N–H and O–H groups in total. The maximum Gasteiger partial charge on any atom is 0.107 e. The number of hydrogen-bond acceptors (Lipinski definition) is 3. The quantitative estimate of drug-likeness (QED) is 0.715. The molecule has 0 aromatic carbocycles. The van der Waals surface area contributed by atoms with Crippen molar-refractivity contribution in [3.05, 3.63) is 16.6 Å². The predicted molar refractivity (Wildman–Crippen MR) is 65.5 cm³/mol. The first-order chi connectivity index (χ1) is 7.40. The molecule has 1 heterocycles. The van der Waals surface area contributed by atoms with Gasteiger partial charge in [-0.05, 0) is 19.3 Å². The highest BCUT2D eigenvalue weighted by Gasteiger charge is 2.24. The van der Waals surface area contributed by atoms with Crippen LogP contribution in [0.3, 0.4) is 0 Å². The summed E-state index contributed by atoms with van der Waals surface area (Å²) in [6.45, 7) is 2.13. The van der Waals surface area contributed by atoms with Gasteiger partial charge in [-0.25, -0.2) is 4.98 Å². The molecule has 0 radical (unpaired) electrons. The van der Waals surface area contributed by atoms with Crippen molar-refractivity contribution in [1.29, 1.82) is 0 Å². The van der Waals surface area contributed by atoms with Crippen LogP contribution in [0.5, 0.6) is 0 Å². The molecule has 2 rings (SSSR count). The standard InChI is InChI=1S/C11H17ClN2S/c12-5-2-7-14(10-3-1-4-10)9-11-13-6-8-15-11/h6,8,10H,1-5,7,9H2. The van der Waals surface area contributed by atoms with E-state index in [1.165, 1.54) is 24.3 Å². The highest BCUT2D eigenvalue weighted by atomic mass is 35.5. The van der Waals surface area contributed by atoms with Crippen molar-refractivity contribution in [1.82, 2.24) is 9.88 Å². The van der Waals surface area contributed by atoms with Gasteiger partial charge in [0.2, 0.25) is 0 Å². The summed E-state index contributed by atoms with van der Waals surface area (Å²) in [5.74, 6) is 0.765. The van der Waals surface area contributed by atoms with Gasteiger partial charge in [-0.3, -0.25) is 4.90 Å². The molecule has 15 heavy (non-hydrogen) atoms. The lowest BCUT2D eigenvalue weighted by Gasteiger charge is -2.37. The normalized spacial score (nSPS) is 16.9. The first-order valence-corrected chi connectivity index (χ1v) is 7.00. The van der Waals surface area contributed by atoms with E-state index in [1.807, 2.05) is 6.20 Å². The van der Waals surface area contributed by atoms with Gasteiger partial charge in [0.25, 0.3) is 0 Å². The van der Waals surface area contributed by atoms with E-state index in [4.69, 9.17) is 11.6 Å². The Morgan fingerprint density at radius 1 is 1.53 bits per heavy atom.